The van der Waals surface area contributed by atoms with E-state index in [9.17, 15) is 9.59 Å². The molecule has 2 amide bonds. The van der Waals surface area contributed by atoms with Gasteiger partial charge in [0.05, 0.1) is 16.5 Å². The van der Waals surface area contributed by atoms with Crippen molar-refractivity contribution < 1.29 is 14.0 Å². The largest absolute Gasteiger partial charge is 0.469 e. The van der Waals surface area contributed by atoms with E-state index in [4.69, 9.17) is 4.42 Å². The summed E-state index contributed by atoms with van der Waals surface area (Å²) in [6.45, 7) is 3.41. The maximum absolute atomic E-state index is 12.4. The number of furan rings is 1. The predicted molar refractivity (Wildman–Crippen MR) is 97.9 cm³/mol. The minimum Gasteiger partial charge on any atom is -0.469 e. The van der Waals surface area contributed by atoms with Crippen molar-refractivity contribution in [1.29, 1.82) is 0 Å². The topological polar surface area (TPSA) is 84.2 Å². The van der Waals surface area contributed by atoms with Crippen molar-refractivity contribution in [2.75, 3.05) is 5.32 Å². The van der Waals surface area contributed by atoms with Crippen LogP contribution < -0.4 is 10.6 Å². The molecular weight excluding hydrogens is 338 g/mol. The minimum absolute atomic E-state index is 0.0321. The average Bonchev–Trinajstić information content (AvgIpc) is 3.20. The molecular formula is C18H19N3O3S. The first kappa shape index (κ1) is 17.2. The summed E-state index contributed by atoms with van der Waals surface area (Å²) >= 11 is 1.35. The Balaban J connectivity index is 1.63. The third kappa shape index (κ3) is 4.45. The standard InChI is InChI=1S/C18H19N3O3S/c1-11(5-7-14-4-3-9-24-14)19-17(23)13-6-8-15-16(10-13)25-18(21-15)20-12(2)22/h3-4,6,8-11H,5,7H2,1-2H3,(H,19,23)(H,20,21,22)/t11-/m1/s1. The summed E-state index contributed by atoms with van der Waals surface area (Å²) in [5.74, 6) is 0.628. The molecule has 6 nitrogen and oxygen atoms in total. The lowest BCUT2D eigenvalue weighted by Gasteiger charge is -2.13. The number of amides is 2. The van der Waals surface area contributed by atoms with Crippen molar-refractivity contribution >= 4 is 38.5 Å². The van der Waals surface area contributed by atoms with Crippen LogP contribution in [0.5, 0.6) is 0 Å². The SMILES string of the molecule is CC(=O)Nc1nc2ccc(C(=O)N[C@H](C)CCc3ccco3)cc2s1. The highest BCUT2D eigenvalue weighted by Gasteiger charge is 2.13. The highest BCUT2D eigenvalue weighted by molar-refractivity contribution is 7.22. The summed E-state index contributed by atoms with van der Waals surface area (Å²) in [6.07, 6.45) is 3.23. The zero-order valence-electron chi connectivity index (χ0n) is 14.0. The molecule has 3 rings (SSSR count). The van der Waals surface area contributed by atoms with Gasteiger partial charge in [-0.25, -0.2) is 4.98 Å². The molecule has 0 fully saturated rings. The number of anilines is 1. The molecule has 0 spiro atoms. The Bertz CT molecular complexity index is 886. The highest BCUT2D eigenvalue weighted by Crippen LogP contribution is 2.26. The fraction of sp³-hybridized carbons (Fsp3) is 0.278. The molecule has 0 saturated carbocycles. The molecule has 0 aliphatic rings. The first-order chi connectivity index (χ1) is 12.0. The summed E-state index contributed by atoms with van der Waals surface area (Å²) in [6, 6.07) is 9.15. The summed E-state index contributed by atoms with van der Waals surface area (Å²) in [5.41, 5.74) is 1.34. The van der Waals surface area contributed by atoms with Crippen molar-refractivity contribution in [2.24, 2.45) is 0 Å². The molecule has 0 aliphatic heterocycles. The van der Waals surface area contributed by atoms with Crippen LogP contribution in [-0.4, -0.2) is 22.8 Å². The van der Waals surface area contributed by atoms with Gasteiger partial charge in [-0.1, -0.05) is 11.3 Å². The van der Waals surface area contributed by atoms with Crippen molar-refractivity contribution in [2.45, 2.75) is 32.7 Å². The smallest absolute Gasteiger partial charge is 0.251 e. The van der Waals surface area contributed by atoms with Crippen molar-refractivity contribution in [1.82, 2.24) is 10.3 Å². The molecule has 2 aromatic heterocycles. The fourth-order valence-electron chi connectivity index (χ4n) is 2.46. The molecule has 0 aliphatic carbocycles. The average molecular weight is 357 g/mol. The number of thiazole rings is 1. The normalized spacial score (nSPS) is 12.1. The lowest BCUT2D eigenvalue weighted by atomic mass is 10.1. The van der Waals surface area contributed by atoms with Crippen LogP contribution in [0.2, 0.25) is 0 Å². The van der Waals surface area contributed by atoms with Gasteiger partial charge in [-0.15, -0.1) is 0 Å². The van der Waals surface area contributed by atoms with E-state index in [1.165, 1.54) is 18.3 Å². The summed E-state index contributed by atoms with van der Waals surface area (Å²) in [7, 11) is 0. The van der Waals surface area contributed by atoms with Crippen LogP contribution >= 0.6 is 11.3 Å². The van der Waals surface area contributed by atoms with Gasteiger partial charge in [-0.3, -0.25) is 9.59 Å². The zero-order chi connectivity index (χ0) is 17.8. The Labute approximate surface area is 149 Å². The van der Waals surface area contributed by atoms with Crippen LogP contribution in [-0.2, 0) is 11.2 Å². The molecule has 3 aromatic rings. The third-order valence-electron chi connectivity index (χ3n) is 3.71. The molecule has 1 atom stereocenters. The number of benzene rings is 1. The lowest BCUT2D eigenvalue weighted by molar-refractivity contribution is -0.114. The Morgan fingerprint density at radius 1 is 1.32 bits per heavy atom. The number of rotatable bonds is 6. The van der Waals surface area contributed by atoms with Gasteiger partial charge in [0, 0.05) is 24.9 Å². The van der Waals surface area contributed by atoms with Crippen molar-refractivity contribution in [3.05, 3.63) is 47.9 Å². The van der Waals surface area contributed by atoms with Crippen LogP contribution in [0, 0.1) is 0 Å². The van der Waals surface area contributed by atoms with E-state index < -0.39 is 0 Å². The molecule has 0 radical (unpaired) electrons. The van der Waals surface area contributed by atoms with E-state index >= 15 is 0 Å². The summed E-state index contributed by atoms with van der Waals surface area (Å²) < 4.78 is 6.16. The second-order valence-electron chi connectivity index (χ2n) is 5.88. The Morgan fingerprint density at radius 2 is 2.16 bits per heavy atom. The number of nitrogens with zero attached hydrogens (tertiary/aromatic N) is 1. The van der Waals surface area contributed by atoms with Crippen molar-refractivity contribution in [3.8, 4) is 0 Å². The van der Waals surface area contributed by atoms with Crippen molar-refractivity contribution in [3.63, 3.8) is 0 Å². The Hall–Kier alpha value is -2.67. The van der Waals surface area contributed by atoms with E-state index in [0.717, 1.165) is 28.8 Å². The Kier molecular flexibility index (Phi) is 5.14. The second kappa shape index (κ2) is 7.48. The Morgan fingerprint density at radius 3 is 2.88 bits per heavy atom. The molecule has 7 heteroatoms. The number of carbonyl (C=O) groups is 2. The molecule has 0 saturated heterocycles. The number of aryl methyl sites for hydroxylation is 1. The molecule has 2 N–H and O–H groups in total. The first-order valence-electron chi connectivity index (χ1n) is 8.02. The fourth-order valence-corrected chi connectivity index (χ4v) is 3.41. The molecule has 0 unspecified atom stereocenters. The number of nitrogens with one attached hydrogen (secondary N) is 2. The molecule has 130 valence electrons. The van der Waals surface area contributed by atoms with Gasteiger partial charge < -0.3 is 15.1 Å². The number of fused-ring (bicyclic) bond motifs is 1. The van der Waals surface area contributed by atoms with E-state index in [1.807, 2.05) is 19.1 Å². The van der Waals surface area contributed by atoms with E-state index in [0.29, 0.717) is 10.7 Å². The van der Waals surface area contributed by atoms with Gasteiger partial charge in [0.2, 0.25) is 5.91 Å². The molecule has 2 heterocycles. The molecule has 25 heavy (non-hydrogen) atoms. The quantitative estimate of drug-likeness (QED) is 0.706. The predicted octanol–water partition coefficient (Wildman–Crippen LogP) is 3.60. The number of carbonyl (C=O) groups excluding carboxylic acids is 2. The lowest BCUT2D eigenvalue weighted by Crippen LogP contribution is -2.32. The van der Waals surface area contributed by atoms with E-state index in [1.54, 1.807) is 24.5 Å². The van der Waals surface area contributed by atoms with Crippen LogP contribution in [0.4, 0.5) is 5.13 Å². The molecule has 1 aromatic carbocycles. The van der Waals surface area contributed by atoms with Crippen LogP contribution in [0.25, 0.3) is 10.2 Å². The van der Waals surface area contributed by atoms with Gasteiger partial charge in [-0.2, -0.15) is 0 Å². The first-order valence-corrected chi connectivity index (χ1v) is 8.84. The summed E-state index contributed by atoms with van der Waals surface area (Å²) in [5, 5.41) is 6.19. The van der Waals surface area contributed by atoms with Crippen LogP contribution in [0.3, 0.4) is 0 Å². The maximum atomic E-state index is 12.4. The van der Waals surface area contributed by atoms with Gasteiger partial charge in [0.25, 0.3) is 5.91 Å². The number of aromatic nitrogens is 1. The third-order valence-corrected chi connectivity index (χ3v) is 4.65. The van der Waals surface area contributed by atoms with Gasteiger partial charge in [-0.05, 0) is 43.7 Å². The monoisotopic (exact) mass is 357 g/mol. The number of hydrogen-bond acceptors (Lipinski definition) is 5. The maximum Gasteiger partial charge on any atom is 0.251 e. The van der Waals surface area contributed by atoms with Gasteiger partial charge >= 0.3 is 0 Å². The second-order valence-corrected chi connectivity index (χ2v) is 6.91. The summed E-state index contributed by atoms with van der Waals surface area (Å²) in [4.78, 5) is 27.9. The number of hydrogen-bond donors (Lipinski definition) is 2. The van der Waals surface area contributed by atoms with Crippen LogP contribution in [0.1, 0.15) is 36.4 Å². The van der Waals surface area contributed by atoms with E-state index in [-0.39, 0.29) is 17.9 Å². The van der Waals surface area contributed by atoms with Gasteiger partial charge in [0.15, 0.2) is 5.13 Å². The van der Waals surface area contributed by atoms with E-state index in [2.05, 4.69) is 15.6 Å². The molecule has 0 bridgehead atoms. The zero-order valence-corrected chi connectivity index (χ0v) is 14.9. The van der Waals surface area contributed by atoms with Crippen LogP contribution in [0.15, 0.2) is 41.0 Å². The minimum atomic E-state index is -0.164. The highest BCUT2D eigenvalue weighted by atomic mass is 32.1. The van der Waals surface area contributed by atoms with Gasteiger partial charge in [0.1, 0.15) is 5.76 Å².